The Morgan fingerprint density at radius 1 is 1.19 bits per heavy atom. The largest absolute Gasteiger partial charge is 0.340 e. The van der Waals surface area contributed by atoms with Crippen LogP contribution < -0.4 is 0 Å². The van der Waals surface area contributed by atoms with Crippen molar-refractivity contribution < 1.29 is 4.79 Å². The Morgan fingerprint density at radius 2 is 1.81 bits per heavy atom. The fourth-order valence-corrected chi connectivity index (χ4v) is 3.77. The van der Waals surface area contributed by atoms with Crippen molar-refractivity contribution in [2.75, 3.05) is 26.2 Å². The number of nitrogens with zero attached hydrogens (tertiary/aromatic N) is 3. The molecule has 0 spiro atoms. The molecule has 1 heterocycles. The van der Waals surface area contributed by atoms with Gasteiger partial charge in [0, 0.05) is 31.6 Å². The molecule has 1 aliphatic heterocycles. The molecule has 1 saturated heterocycles. The monoisotopic (exact) mass is 291 g/mol. The van der Waals surface area contributed by atoms with Gasteiger partial charge in [-0.15, -0.1) is 0 Å². The maximum Gasteiger partial charge on any atom is 0.228 e. The maximum atomic E-state index is 12.8. The second-order valence-corrected chi connectivity index (χ2v) is 6.88. The van der Waals surface area contributed by atoms with Gasteiger partial charge in [-0.05, 0) is 19.3 Å². The molecule has 2 rings (SSSR count). The van der Waals surface area contributed by atoms with Crippen molar-refractivity contribution in [3.63, 3.8) is 0 Å². The van der Waals surface area contributed by atoms with E-state index in [9.17, 15) is 10.1 Å². The first-order chi connectivity index (χ1) is 10.1. The lowest BCUT2D eigenvalue weighted by atomic mass is 9.74. The zero-order valence-corrected chi connectivity index (χ0v) is 13.6. The van der Waals surface area contributed by atoms with Gasteiger partial charge in [0.2, 0.25) is 5.91 Å². The van der Waals surface area contributed by atoms with Gasteiger partial charge in [-0.3, -0.25) is 9.69 Å². The number of hydrogen-bond donors (Lipinski definition) is 0. The summed E-state index contributed by atoms with van der Waals surface area (Å²) in [5.41, 5.74) is -0.127. The SMILES string of the molecule is CCCC(C#N)N1CCN(C(=O)C2(C)CCCCC2)CC1. The Hall–Kier alpha value is -1.08. The quantitative estimate of drug-likeness (QED) is 0.800. The van der Waals surface area contributed by atoms with Crippen molar-refractivity contribution in [1.82, 2.24) is 9.80 Å². The van der Waals surface area contributed by atoms with E-state index < -0.39 is 0 Å². The molecule has 1 unspecified atom stereocenters. The molecule has 2 aliphatic rings. The van der Waals surface area contributed by atoms with E-state index in [4.69, 9.17) is 0 Å². The normalized spacial score (nSPS) is 24.3. The average molecular weight is 291 g/mol. The second-order valence-electron chi connectivity index (χ2n) is 6.88. The van der Waals surface area contributed by atoms with Crippen LogP contribution in [0, 0.1) is 16.7 Å². The molecule has 4 heteroatoms. The minimum atomic E-state index is -0.127. The van der Waals surface area contributed by atoms with Gasteiger partial charge in [-0.2, -0.15) is 5.26 Å². The van der Waals surface area contributed by atoms with Crippen molar-refractivity contribution in [3.05, 3.63) is 0 Å². The van der Waals surface area contributed by atoms with Crippen LogP contribution in [0.25, 0.3) is 0 Å². The van der Waals surface area contributed by atoms with Crippen LogP contribution in [0.15, 0.2) is 0 Å². The molecule has 1 atom stereocenters. The lowest BCUT2D eigenvalue weighted by Crippen LogP contribution is -2.54. The highest BCUT2D eigenvalue weighted by Gasteiger charge is 2.38. The van der Waals surface area contributed by atoms with Gasteiger partial charge in [0.15, 0.2) is 0 Å². The molecule has 21 heavy (non-hydrogen) atoms. The Kier molecular flexibility index (Phi) is 5.64. The number of hydrogen-bond acceptors (Lipinski definition) is 3. The summed E-state index contributed by atoms with van der Waals surface area (Å²) < 4.78 is 0. The van der Waals surface area contributed by atoms with E-state index in [1.54, 1.807) is 0 Å². The summed E-state index contributed by atoms with van der Waals surface area (Å²) >= 11 is 0. The van der Waals surface area contributed by atoms with E-state index in [0.29, 0.717) is 5.91 Å². The van der Waals surface area contributed by atoms with Crippen LogP contribution in [-0.4, -0.2) is 47.9 Å². The molecule has 0 aromatic carbocycles. The third-order valence-corrected chi connectivity index (χ3v) is 5.23. The molecular formula is C17H29N3O. The standard InChI is InChI=1S/C17H29N3O/c1-3-7-15(14-18)19-10-12-20(13-11-19)16(21)17(2)8-5-4-6-9-17/h15H,3-13H2,1-2H3. The zero-order valence-electron chi connectivity index (χ0n) is 13.6. The van der Waals surface area contributed by atoms with Gasteiger partial charge < -0.3 is 4.90 Å². The average Bonchev–Trinajstić information content (AvgIpc) is 2.53. The lowest BCUT2D eigenvalue weighted by Gasteiger charge is -2.42. The summed E-state index contributed by atoms with van der Waals surface area (Å²) in [4.78, 5) is 17.1. The first-order valence-corrected chi connectivity index (χ1v) is 8.54. The smallest absolute Gasteiger partial charge is 0.228 e. The maximum absolute atomic E-state index is 12.8. The summed E-state index contributed by atoms with van der Waals surface area (Å²) in [5, 5.41) is 9.26. The molecule has 0 radical (unpaired) electrons. The number of rotatable bonds is 4. The van der Waals surface area contributed by atoms with Crippen molar-refractivity contribution in [2.24, 2.45) is 5.41 Å². The third kappa shape index (κ3) is 3.77. The molecule has 2 fully saturated rings. The van der Waals surface area contributed by atoms with Gasteiger partial charge in [0.1, 0.15) is 0 Å². The fraction of sp³-hybridized carbons (Fsp3) is 0.882. The second kappa shape index (κ2) is 7.26. The Balaban J connectivity index is 1.88. The minimum absolute atomic E-state index is 0.0255. The molecule has 0 N–H and O–H groups in total. The number of carbonyl (C=O) groups is 1. The topological polar surface area (TPSA) is 47.3 Å². The minimum Gasteiger partial charge on any atom is -0.340 e. The van der Waals surface area contributed by atoms with Gasteiger partial charge in [0.05, 0.1) is 12.1 Å². The van der Waals surface area contributed by atoms with Crippen molar-refractivity contribution in [2.45, 2.75) is 64.8 Å². The van der Waals surface area contributed by atoms with Crippen molar-refractivity contribution >= 4 is 5.91 Å². The zero-order chi connectivity index (χ0) is 15.3. The highest BCUT2D eigenvalue weighted by Crippen LogP contribution is 2.37. The molecule has 1 amide bonds. The summed E-state index contributed by atoms with van der Waals surface area (Å²) in [6, 6.07) is 2.44. The molecule has 0 bridgehead atoms. The summed E-state index contributed by atoms with van der Waals surface area (Å²) in [6.45, 7) is 7.54. The molecule has 118 valence electrons. The third-order valence-electron chi connectivity index (χ3n) is 5.23. The number of amides is 1. The highest BCUT2D eigenvalue weighted by atomic mass is 16.2. The highest BCUT2D eigenvalue weighted by molar-refractivity contribution is 5.82. The Bertz CT molecular complexity index is 387. The predicted molar refractivity (Wildman–Crippen MR) is 83.7 cm³/mol. The Labute approximate surface area is 129 Å². The molecular weight excluding hydrogens is 262 g/mol. The fourth-order valence-electron chi connectivity index (χ4n) is 3.77. The first kappa shape index (κ1) is 16.3. The predicted octanol–water partition coefficient (Wildman–Crippen LogP) is 2.79. The van der Waals surface area contributed by atoms with E-state index in [2.05, 4.69) is 24.8 Å². The van der Waals surface area contributed by atoms with Crippen LogP contribution in [0.4, 0.5) is 0 Å². The van der Waals surface area contributed by atoms with Crippen LogP contribution in [0.2, 0.25) is 0 Å². The summed E-state index contributed by atoms with van der Waals surface area (Å²) in [7, 11) is 0. The number of piperazine rings is 1. The molecule has 0 aromatic rings. The van der Waals surface area contributed by atoms with Crippen molar-refractivity contribution in [1.29, 1.82) is 5.26 Å². The molecule has 1 saturated carbocycles. The van der Waals surface area contributed by atoms with Gasteiger partial charge >= 0.3 is 0 Å². The number of carbonyl (C=O) groups excluding carboxylic acids is 1. The van der Waals surface area contributed by atoms with E-state index in [-0.39, 0.29) is 11.5 Å². The van der Waals surface area contributed by atoms with Crippen LogP contribution >= 0.6 is 0 Å². The van der Waals surface area contributed by atoms with Crippen molar-refractivity contribution in [3.8, 4) is 6.07 Å². The first-order valence-electron chi connectivity index (χ1n) is 8.54. The van der Waals surface area contributed by atoms with E-state index in [0.717, 1.165) is 51.9 Å². The van der Waals surface area contributed by atoms with Gasteiger partial charge in [0.25, 0.3) is 0 Å². The van der Waals surface area contributed by atoms with Crippen LogP contribution in [-0.2, 0) is 4.79 Å². The molecule has 4 nitrogen and oxygen atoms in total. The Morgan fingerprint density at radius 3 is 2.33 bits per heavy atom. The summed E-state index contributed by atoms with van der Waals surface area (Å²) in [6.07, 6.45) is 7.71. The van der Waals surface area contributed by atoms with Crippen LogP contribution in [0.3, 0.4) is 0 Å². The molecule has 0 aromatic heterocycles. The van der Waals surface area contributed by atoms with Crippen LogP contribution in [0.5, 0.6) is 0 Å². The van der Waals surface area contributed by atoms with Gasteiger partial charge in [-0.25, -0.2) is 0 Å². The summed E-state index contributed by atoms with van der Waals surface area (Å²) in [5.74, 6) is 0.353. The number of nitriles is 1. The lowest BCUT2D eigenvalue weighted by molar-refractivity contribution is -0.145. The van der Waals surface area contributed by atoms with Gasteiger partial charge in [-0.1, -0.05) is 39.5 Å². The van der Waals surface area contributed by atoms with E-state index in [1.807, 2.05) is 4.90 Å². The van der Waals surface area contributed by atoms with Crippen LogP contribution in [0.1, 0.15) is 58.8 Å². The molecule has 1 aliphatic carbocycles. The van der Waals surface area contributed by atoms with E-state index in [1.165, 1.54) is 19.3 Å². The van der Waals surface area contributed by atoms with E-state index >= 15 is 0 Å².